The van der Waals surface area contributed by atoms with Crippen LogP contribution in [-0.4, -0.2) is 8.07 Å². The van der Waals surface area contributed by atoms with E-state index < -0.39 is 28.9 Å². The van der Waals surface area contributed by atoms with Gasteiger partial charge in [0.15, 0.2) is 0 Å². The van der Waals surface area contributed by atoms with E-state index in [4.69, 9.17) is 17.0 Å². The van der Waals surface area contributed by atoms with E-state index in [1.54, 1.807) is 33.4 Å². The molecule has 8 rings (SSSR count). The molecule has 8 aliphatic carbocycles. The van der Waals surface area contributed by atoms with Crippen molar-refractivity contribution >= 4 is 25.1 Å². The zero-order valence-electron chi connectivity index (χ0n) is 35.0. The van der Waals surface area contributed by atoms with Gasteiger partial charge in [0, 0.05) is 0 Å². The predicted octanol–water partition coefficient (Wildman–Crippen LogP) is 16.5. The minimum atomic E-state index is -1.75. The fourth-order valence-electron chi connectivity index (χ4n) is 13.7. The van der Waals surface area contributed by atoms with E-state index in [1.807, 2.05) is 0 Å². The first-order valence-electron chi connectivity index (χ1n) is 21.7. The van der Waals surface area contributed by atoms with E-state index in [-0.39, 0.29) is 14.9 Å². The van der Waals surface area contributed by atoms with Crippen LogP contribution in [0, 0.1) is 62.2 Å². The van der Waals surface area contributed by atoms with Crippen molar-refractivity contribution in [2.24, 2.45) is 47.3 Å². The van der Waals surface area contributed by atoms with Gasteiger partial charge in [-0.2, -0.15) is 0 Å². The third-order valence-corrected chi connectivity index (χ3v) is 21.0. The van der Waals surface area contributed by atoms with Gasteiger partial charge >= 0.3 is 37.9 Å². The molecule has 0 spiro atoms. The number of rotatable bonds is 8. The molecule has 4 fully saturated rings. The molecule has 0 nitrogen and oxygen atoms in total. The average Bonchev–Trinajstić information content (AvgIpc) is 3.72. The summed E-state index contributed by atoms with van der Waals surface area (Å²) in [6.07, 6.45) is 51.6. The van der Waals surface area contributed by atoms with Crippen LogP contribution >= 0.6 is 17.0 Å². The van der Waals surface area contributed by atoms with Gasteiger partial charge in [-0.15, -0.1) is 0 Å². The van der Waals surface area contributed by atoms with E-state index in [2.05, 4.69) is 87.7 Å². The molecule has 0 heterocycles. The Kier molecular flexibility index (Phi) is 17.0. The molecule has 0 aromatic rings. The molecule has 8 aliphatic rings. The monoisotopic (exact) mass is 862 g/mol. The number of allylic oxidation sites excluding steroid dienone is 16. The van der Waals surface area contributed by atoms with Crippen molar-refractivity contribution < 1.29 is 20.8 Å². The zero-order chi connectivity index (χ0) is 36.2. The van der Waals surface area contributed by atoms with Gasteiger partial charge in [0.2, 0.25) is 0 Å². The van der Waals surface area contributed by atoms with Crippen LogP contribution in [0.3, 0.4) is 0 Å². The van der Waals surface area contributed by atoms with Crippen LogP contribution in [0.15, 0.2) is 94.2 Å². The Morgan fingerprint density at radius 1 is 0.574 bits per heavy atom. The second-order valence-corrected chi connectivity index (χ2v) is 27.9. The Morgan fingerprint density at radius 3 is 1.31 bits per heavy atom. The van der Waals surface area contributed by atoms with Crippen LogP contribution < -0.4 is 0 Å². The first-order valence-corrected chi connectivity index (χ1v) is 31.2. The average molecular weight is 865 g/mol. The van der Waals surface area contributed by atoms with Crippen molar-refractivity contribution in [2.75, 3.05) is 0 Å². The molecule has 0 aromatic carbocycles. The molecule has 0 radical (unpaired) electrons. The summed E-state index contributed by atoms with van der Waals surface area (Å²) in [4.78, 5) is 0. The molecule has 0 N–H and O–H groups in total. The molecular formula is C50H74Cl2SiZr. The molecule has 0 aromatic heterocycles. The number of fused-ring (bicyclic) bond motifs is 2. The SMILES string of the molecule is CC1=CC=C(C2=CC=CC3C2CC(CC2CCCCC2)C3[Si](C)(C)C2C(CC3CCCCC3)CC3C(C4=CC=C(C)CC4)=CC=CC32)CC1.[CH3-].[CH3-].[Cl][Zr+2][Cl]. The van der Waals surface area contributed by atoms with E-state index in [0.717, 1.165) is 58.4 Å². The molecule has 296 valence electrons. The van der Waals surface area contributed by atoms with E-state index in [0.29, 0.717) is 0 Å². The fourth-order valence-corrected chi connectivity index (χ4v) is 19.7. The van der Waals surface area contributed by atoms with Crippen molar-refractivity contribution in [2.45, 2.75) is 154 Å². The molecule has 0 saturated heterocycles. The summed E-state index contributed by atoms with van der Waals surface area (Å²) in [5.74, 6) is 6.82. The molecule has 0 bridgehead atoms. The first-order chi connectivity index (χ1) is 25.3. The van der Waals surface area contributed by atoms with Crippen molar-refractivity contribution in [3.05, 3.63) is 109 Å². The Labute approximate surface area is 353 Å². The molecule has 54 heavy (non-hydrogen) atoms. The summed E-state index contributed by atoms with van der Waals surface area (Å²) in [7, 11) is 8.12. The maximum atomic E-state index is 4.93. The van der Waals surface area contributed by atoms with E-state index in [9.17, 15) is 0 Å². The van der Waals surface area contributed by atoms with Gasteiger partial charge in [-0.05, 0) is 146 Å². The Morgan fingerprint density at radius 2 is 0.963 bits per heavy atom. The molecule has 4 heteroatoms. The second kappa shape index (κ2) is 20.5. The van der Waals surface area contributed by atoms with E-state index >= 15 is 0 Å². The van der Waals surface area contributed by atoms with Gasteiger partial charge in [-0.3, -0.25) is 0 Å². The molecule has 8 atom stereocenters. The molecule has 4 saturated carbocycles. The van der Waals surface area contributed by atoms with Gasteiger partial charge in [-0.25, -0.2) is 0 Å². The summed E-state index contributed by atoms with van der Waals surface area (Å²) in [6.45, 7) is 10.6. The standard InChI is InChI=1S/C48H68Si.2CH3.2ClH.Zr/c1-33-21-25-37(26-22-33)41-17-11-19-43-45(41)31-39(29-35-13-7-5-8-14-35)47(43)49(3,4)48-40(30-36-15-9-6-10-16-36)32-46-42(18-12-20-44(46)48)38-27-23-34(2)24-28-38;;;;;/h11-12,17-21,23,25,27,35-36,39-40,43-48H,5-10,13-16,22,24,26,28-32H2,1-4H3;2*1H3;2*1H;/q;2*-1;;;+4/p-2. The number of hydrogen-bond acceptors (Lipinski definition) is 0. The Hall–Kier alpha value is -0.400. The van der Waals surface area contributed by atoms with E-state index in [1.165, 1.54) is 116 Å². The third-order valence-electron chi connectivity index (χ3n) is 15.8. The predicted molar refractivity (Wildman–Crippen MR) is 239 cm³/mol. The van der Waals surface area contributed by atoms with Crippen LogP contribution in [0.1, 0.15) is 129 Å². The zero-order valence-corrected chi connectivity index (χ0v) is 40.0. The quantitative estimate of drug-likeness (QED) is 0.168. The van der Waals surface area contributed by atoms with Crippen LogP contribution in [0.4, 0.5) is 0 Å². The molecule has 0 amide bonds. The maximum absolute atomic E-state index is 4.93. The van der Waals surface area contributed by atoms with Gasteiger partial charge in [0.25, 0.3) is 0 Å². The van der Waals surface area contributed by atoms with Crippen molar-refractivity contribution in [1.29, 1.82) is 0 Å². The van der Waals surface area contributed by atoms with Gasteiger partial charge in [0.1, 0.15) is 0 Å². The second-order valence-electron chi connectivity index (χ2n) is 19.2. The third kappa shape index (κ3) is 9.89. The normalized spacial score (nSPS) is 33.8. The fraction of sp³-hybridized carbons (Fsp3) is 0.640. The summed E-state index contributed by atoms with van der Waals surface area (Å²) >= 11 is -0.826. The minimum absolute atomic E-state index is 0. The summed E-state index contributed by atoms with van der Waals surface area (Å²) in [5, 5.41) is 0. The van der Waals surface area contributed by atoms with Crippen molar-refractivity contribution in [3.63, 3.8) is 0 Å². The van der Waals surface area contributed by atoms with Gasteiger partial charge in [-0.1, -0.05) is 149 Å². The molecular weight excluding hydrogens is 791 g/mol. The molecule has 0 aliphatic heterocycles. The summed E-state index contributed by atoms with van der Waals surface area (Å²) < 4.78 is 0. The Balaban J connectivity index is 0.00000109. The van der Waals surface area contributed by atoms with Crippen molar-refractivity contribution in [3.8, 4) is 0 Å². The van der Waals surface area contributed by atoms with Crippen LogP contribution in [0.5, 0.6) is 0 Å². The molecule has 8 unspecified atom stereocenters. The summed E-state index contributed by atoms with van der Waals surface area (Å²) in [5.41, 5.74) is 11.8. The van der Waals surface area contributed by atoms with Gasteiger partial charge < -0.3 is 14.9 Å². The first kappa shape index (κ1) is 44.7. The van der Waals surface area contributed by atoms with Crippen molar-refractivity contribution in [1.82, 2.24) is 0 Å². The van der Waals surface area contributed by atoms with Crippen LogP contribution in [0.2, 0.25) is 24.2 Å². The van der Waals surface area contributed by atoms with Crippen LogP contribution in [0.25, 0.3) is 0 Å². The summed E-state index contributed by atoms with van der Waals surface area (Å²) in [6, 6.07) is 0. The van der Waals surface area contributed by atoms with Crippen LogP contribution in [-0.2, 0) is 20.8 Å². The number of halogens is 2. The Bertz CT molecular complexity index is 1400. The van der Waals surface area contributed by atoms with Gasteiger partial charge in [0.05, 0.1) is 8.07 Å². The topological polar surface area (TPSA) is 0 Å². The number of hydrogen-bond donors (Lipinski definition) is 0.